The van der Waals surface area contributed by atoms with Gasteiger partial charge in [-0.2, -0.15) is 0 Å². The monoisotopic (exact) mass is 262 g/mol. The smallest absolute Gasteiger partial charge is 0.0148 e. The summed E-state index contributed by atoms with van der Waals surface area (Å²) in [6.45, 7) is 1.88. The van der Waals surface area contributed by atoms with Crippen LogP contribution in [0.3, 0.4) is 0 Å². The number of benzene rings is 1. The SMILES string of the molecule is Cl.Cl.NCC(c1ccccc1)C1CCCN1. The van der Waals surface area contributed by atoms with E-state index in [4.69, 9.17) is 5.73 Å². The van der Waals surface area contributed by atoms with E-state index in [0.29, 0.717) is 12.0 Å². The number of hydrogen-bond acceptors (Lipinski definition) is 2. The van der Waals surface area contributed by atoms with Crippen LogP contribution < -0.4 is 11.1 Å². The van der Waals surface area contributed by atoms with Gasteiger partial charge in [0, 0.05) is 18.5 Å². The van der Waals surface area contributed by atoms with Crippen LogP contribution in [-0.2, 0) is 0 Å². The molecule has 2 nitrogen and oxygen atoms in total. The van der Waals surface area contributed by atoms with E-state index >= 15 is 0 Å². The fourth-order valence-corrected chi connectivity index (χ4v) is 2.29. The summed E-state index contributed by atoms with van der Waals surface area (Å²) in [5, 5.41) is 3.53. The van der Waals surface area contributed by atoms with E-state index in [2.05, 4.69) is 35.6 Å². The van der Waals surface area contributed by atoms with Crippen LogP contribution in [0, 0.1) is 0 Å². The van der Waals surface area contributed by atoms with Crippen LogP contribution in [0.25, 0.3) is 0 Å². The van der Waals surface area contributed by atoms with Crippen molar-refractivity contribution in [2.75, 3.05) is 13.1 Å². The van der Waals surface area contributed by atoms with Gasteiger partial charge in [-0.15, -0.1) is 24.8 Å². The van der Waals surface area contributed by atoms with Crippen LogP contribution in [0.15, 0.2) is 30.3 Å². The summed E-state index contributed by atoms with van der Waals surface area (Å²) in [7, 11) is 0. The highest BCUT2D eigenvalue weighted by atomic mass is 35.5. The fourth-order valence-electron chi connectivity index (χ4n) is 2.29. The molecule has 4 heteroatoms. The molecule has 1 aromatic carbocycles. The molecule has 1 aromatic rings. The normalized spacial score (nSPS) is 20.7. The van der Waals surface area contributed by atoms with Gasteiger partial charge in [0.25, 0.3) is 0 Å². The second kappa shape index (κ2) is 7.91. The molecule has 1 saturated heterocycles. The maximum absolute atomic E-state index is 5.84. The maximum atomic E-state index is 5.84. The Hall–Kier alpha value is -0.280. The Balaban J connectivity index is 0.00000112. The van der Waals surface area contributed by atoms with Crippen LogP contribution in [0.1, 0.15) is 24.3 Å². The van der Waals surface area contributed by atoms with Crippen molar-refractivity contribution >= 4 is 24.8 Å². The van der Waals surface area contributed by atoms with Gasteiger partial charge in [0.05, 0.1) is 0 Å². The van der Waals surface area contributed by atoms with Gasteiger partial charge in [-0.1, -0.05) is 30.3 Å². The Labute approximate surface area is 110 Å². The average Bonchev–Trinajstić information content (AvgIpc) is 2.74. The number of rotatable bonds is 3. The Bertz CT molecular complexity index is 274. The minimum absolute atomic E-state index is 0. The topological polar surface area (TPSA) is 38.0 Å². The molecule has 1 aliphatic rings. The number of nitrogens with one attached hydrogen (secondary N) is 1. The largest absolute Gasteiger partial charge is 0.330 e. The maximum Gasteiger partial charge on any atom is 0.0148 e. The molecule has 0 aliphatic carbocycles. The summed E-state index contributed by atoms with van der Waals surface area (Å²) < 4.78 is 0. The molecule has 2 atom stereocenters. The van der Waals surface area contributed by atoms with Gasteiger partial charge in [-0.25, -0.2) is 0 Å². The van der Waals surface area contributed by atoms with Crippen molar-refractivity contribution in [3.8, 4) is 0 Å². The first-order valence-corrected chi connectivity index (χ1v) is 5.40. The highest BCUT2D eigenvalue weighted by molar-refractivity contribution is 5.85. The predicted octanol–water partition coefficient (Wildman–Crippen LogP) is 2.32. The van der Waals surface area contributed by atoms with Gasteiger partial charge >= 0.3 is 0 Å². The van der Waals surface area contributed by atoms with E-state index in [0.717, 1.165) is 13.1 Å². The first-order chi connectivity index (χ1) is 6.92. The van der Waals surface area contributed by atoms with E-state index in [9.17, 15) is 0 Å². The van der Waals surface area contributed by atoms with Crippen LogP contribution in [0.2, 0.25) is 0 Å². The second-order valence-corrected chi connectivity index (χ2v) is 3.96. The quantitative estimate of drug-likeness (QED) is 0.878. The van der Waals surface area contributed by atoms with E-state index in [1.165, 1.54) is 18.4 Å². The van der Waals surface area contributed by atoms with Gasteiger partial charge in [0.2, 0.25) is 0 Å². The molecule has 1 fully saturated rings. The first kappa shape index (κ1) is 15.7. The fraction of sp³-hybridized carbons (Fsp3) is 0.500. The van der Waals surface area contributed by atoms with Gasteiger partial charge in [0.1, 0.15) is 0 Å². The zero-order valence-electron chi connectivity index (χ0n) is 9.26. The average molecular weight is 263 g/mol. The molecule has 1 aliphatic heterocycles. The van der Waals surface area contributed by atoms with Crippen LogP contribution in [0.4, 0.5) is 0 Å². The summed E-state index contributed by atoms with van der Waals surface area (Å²) in [4.78, 5) is 0. The molecule has 0 saturated carbocycles. The Morgan fingerprint density at radius 2 is 1.94 bits per heavy atom. The molecule has 0 amide bonds. The molecule has 92 valence electrons. The lowest BCUT2D eigenvalue weighted by Gasteiger charge is -2.22. The van der Waals surface area contributed by atoms with Gasteiger partial charge in [-0.3, -0.25) is 0 Å². The van der Waals surface area contributed by atoms with E-state index in [1.807, 2.05) is 0 Å². The van der Waals surface area contributed by atoms with Gasteiger partial charge in [0.15, 0.2) is 0 Å². The van der Waals surface area contributed by atoms with Crippen LogP contribution in [-0.4, -0.2) is 19.1 Å². The zero-order chi connectivity index (χ0) is 9.80. The van der Waals surface area contributed by atoms with Crippen molar-refractivity contribution < 1.29 is 0 Å². The van der Waals surface area contributed by atoms with Gasteiger partial charge < -0.3 is 11.1 Å². The third kappa shape index (κ3) is 3.63. The van der Waals surface area contributed by atoms with Crippen molar-refractivity contribution in [2.24, 2.45) is 5.73 Å². The molecule has 0 radical (unpaired) electrons. The molecule has 2 unspecified atom stereocenters. The van der Waals surface area contributed by atoms with Crippen LogP contribution in [0.5, 0.6) is 0 Å². The van der Waals surface area contributed by atoms with Crippen molar-refractivity contribution in [1.29, 1.82) is 0 Å². The third-order valence-corrected chi connectivity index (χ3v) is 3.07. The molecule has 0 aromatic heterocycles. The zero-order valence-corrected chi connectivity index (χ0v) is 10.9. The summed E-state index contributed by atoms with van der Waals surface area (Å²) in [6, 6.07) is 11.2. The number of hydrogen-bond donors (Lipinski definition) is 2. The van der Waals surface area contributed by atoms with E-state index in [-0.39, 0.29) is 24.8 Å². The van der Waals surface area contributed by atoms with Gasteiger partial charge in [-0.05, 0) is 24.9 Å². The predicted molar refractivity (Wildman–Crippen MR) is 73.8 cm³/mol. The molecular formula is C12H20Cl2N2. The minimum atomic E-state index is 0. The Morgan fingerprint density at radius 3 is 2.44 bits per heavy atom. The molecule has 0 bridgehead atoms. The molecule has 0 spiro atoms. The third-order valence-electron chi connectivity index (χ3n) is 3.07. The van der Waals surface area contributed by atoms with Crippen molar-refractivity contribution in [1.82, 2.24) is 5.32 Å². The molecule has 16 heavy (non-hydrogen) atoms. The molecule has 2 rings (SSSR count). The molecule has 1 heterocycles. The number of halogens is 2. The summed E-state index contributed by atoms with van der Waals surface area (Å²) >= 11 is 0. The summed E-state index contributed by atoms with van der Waals surface area (Å²) in [5.41, 5.74) is 7.21. The Kier molecular flexibility index (Phi) is 7.77. The minimum Gasteiger partial charge on any atom is -0.330 e. The van der Waals surface area contributed by atoms with E-state index in [1.54, 1.807) is 0 Å². The Morgan fingerprint density at radius 1 is 1.25 bits per heavy atom. The lowest BCUT2D eigenvalue weighted by Crippen LogP contribution is -2.33. The molecular weight excluding hydrogens is 243 g/mol. The van der Waals surface area contributed by atoms with Crippen molar-refractivity contribution in [3.05, 3.63) is 35.9 Å². The highest BCUT2D eigenvalue weighted by Gasteiger charge is 2.24. The van der Waals surface area contributed by atoms with Crippen molar-refractivity contribution in [3.63, 3.8) is 0 Å². The second-order valence-electron chi connectivity index (χ2n) is 3.96. The van der Waals surface area contributed by atoms with Crippen molar-refractivity contribution in [2.45, 2.75) is 24.8 Å². The standard InChI is InChI=1S/C12H18N2.2ClH/c13-9-11(12-7-4-8-14-12)10-5-2-1-3-6-10;;/h1-3,5-6,11-12,14H,4,7-9,13H2;2*1H. The lowest BCUT2D eigenvalue weighted by atomic mass is 9.91. The number of nitrogens with two attached hydrogens (primary N) is 1. The molecule has 3 N–H and O–H groups in total. The first-order valence-electron chi connectivity index (χ1n) is 5.40. The summed E-state index contributed by atoms with van der Waals surface area (Å²) in [5.74, 6) is 0.485. The lowest BCUT2D eigenvalue weighted by molar-refractivity contribution is 0.494. The summed E-state index contributed by atoms with van der Waals surface area (Å²) in [6.07, 6.45) is 2.55. The van der Waals surface area contributed by atoms with E-state index < -0.39 is 0 Å². The highest BCUT2D eigenvalue weighted by Crippen LogP contribution is 2.23. The van der Waals surface area contributed by atoms with Crippen LogP contribution >= 0.6 is 24.8 Å².